The molecule has 0 atom stereocenters. The number of aromatic nitrogens is 2. The molecule has 1 aromatic heterocycles. The average molecular weight is 177 g/mol. The van der Waals surface area contributed by atoms with Crippen LogP contribution in [0.15, 0.2) is 12.1 Å². The van der Waals surface area contributed by atoms with Gasteiger partial charge in [-0.25, -0.2) is 0 Å². The Bertz CT molecular complexity index is 254. The van der Waals surface area contributed by atoms with E-state index in [1.165, 1.54) is 6.07 Å². The molecule has 0 aliphatic carbocycles. The van der Waals surface area contributed by atoms with Crippen LogP contribution >= 0.6 is 0 Å². The Kier molecular flexibility index (Phi) is 2.16. The molecule has 0 aliphatic heterocycles. The fourth-order valence-electron chi connectivity index (χ4n) is 0.617. The maximum Gasteiger partial charge on any atom is 0.435 e. The molecule has 1 aromatic rings. The molecule has 0 saturated carbocycles. The first-order valence-electron chi connectivity index (χ1n) is 3.12. The monoisotopic (exact) mass is 177 g/mol. The highest BCUT2D eigenvalue weighted by molar-refractivity contribution is 5.31. The van der Waals surface area contributed by atoms with E-state index < -0.39 is 11.9 Å². The van der Waals surface area contributed by atoms with Gasteiger partial charge >= 0.3 is 6.18 Å². The van der Waals surface area contributed by atoms with Gasteiger partial charge in [0, 0.05) is 7.05 Å². The van der Waals surface area contributed by atoms with Crippen molar-refractivity contribution in [1.82, 2.24) is 10.2 Å². The van der Waals surface area contributed by atoms with E-state index in [9.17, 15) is 13.2 Å². The SMILES string of the molecule is CNc1ccc(C(F)(F)F)nn1. The summed E-state index contributed by atoms with van der Waals surface area (Å²) in [5.74, 6) is 0.308. The molecule has 0 unspecified atom stereocenters. The number of nitrogens with one attached hydrogen (secondary N) is 1. The number of hydrogen-bond donors (Lipinski definition) is 1. The fraction of sp³-hybridized carbons (Fsp3) is 0.333. The quantitative estimate of drug-likeness (QED) is 0.706. The molecule has 3 nitrogen and oxygen atoms in total. The topological polar surface area (TPSA) is 37.8 Å². The van der Waals surface area contributed by atoms with Gasteiger partial charge in [-0.15, -0.1) is 10.2 Å². The van der Waals surface area contributed by atoms with Crippen molar-refractivity contribution in [3.8, 4) is 0 Å². The van der Waals surface area contributed by atoms with E-state index in [-0.39, 0.29) is 0 Å². The summed E-state index contributed by atoms with van der Waals surface area (Å²) in [5.41, 5.74) is -0.985. The van der Waals surface area contributed by atoms with Gasteiger partial charge in [0.1, 0.15) is 5.82 Å². The van der Waals surface area contributed by atoms with E-state index in [1.54, 1.807) is 7.05 Å². The zero-order valence-electron chi connectivity index (χ0n) is 6.18. The molecule has 0 bridgehead atoms. The Morgan fingerprint density at radius 3 is 2.25 bits per heavy atom. The fourth-order valence-corrected chi connectivity index (χ4v) is 0.617. The van der Waals surface area contributed by atoms with E-state index in [4.69, 9.17) is 0 Å². The Morgan fingerprint density at radius 1 is 1.25 bits per heavy atom. The van der Waals surface area contributed by atoms with Crippen LogP contribution in [0.2, 0.25) is 0 Å². The standard InChI is InChI=1S/C6H6F3N3/c1-10-5-3-2-4(11-12-5)6(7,8)9/h2-3H,1H3,(H,10,12). The summed E-state index contributed by atoms with van der Waals surface area (Å²) in [6.45, 7) is 0. The number of halogens is 3. The van der Waals surface area contributed by atoms with E-state index >= 15 is 0 Å². The molecule has 1 N–H and O–H groups in total. The van der Waals surface area contributed by atoms with Gasteiger partial charge in [0.15, 0.2) is 5.69 Å². The third kappa shape index (κ3) is 1.84. The minimum Gasteiger partial charge on any atom is -0.372 e. The summed E-state index contributed by atoms with van der Waals surface area (Å²) in [6.07, 6.45) is -4.42. The molecule has 12 heavy (non-hydrogen) atoms. The number of anilines is 1. The molecule has 1 heterocycles. The second-order valence-corrected chi connectivity index (χ2v) is 2.05. The molecule has 0 aromatic carbocycles. The van der Waals surface area contributed by atoms with E-state index in [0.717, 1.165) is 6.07 Å². The third-order valence-corrected chi connectivity index (χ3v) is 1.21. The maximum absolute atomic E-state index is 11.9. The molecule has 0 spiro atoms. The summed E-state index contributed by atoms with van der Waals surface area (Å²) in [5, 5.41) is 8.83. The second-order valence-electron chi connectivity index (χ2n) is 2.05. The first kappa shape index (κ1) is 8.76. The summed E-state index contributed by atoms with van der Waals surface area (Å²) >= 11 is 0. The van der Waals surface area contributed by atoms with Gasteiger partial charge in [0.25, 0.3) is 0 Å². The van der Waals surface area contributed by atoms with Crippen LogP contribution in [0, 0.1) is 0 Å². The highest BCUT2D eigenvalue weighted by Gasteiger charge is 2.32. The zero-order chi connectivity index (χ0) is 9.19. The molecule has 0 radical (unpaired) electrons. The summed E-state index contributed by atoms with van der Waals surface area (Å²) in [4.78, 5) is 0. The number of alkyl halides is 3. The van der Waals surface area contributed by atoms with Gasteiger partial charge < -0.3 is 5.32 Å². The average Bonchev–Trinajstić information content (AvgIpc) is 2.03. The Hall–Kier alpha value is -1.33. The van der Waals surface area contributed by atoms with Crippen LogP contribution in [0.3, 0.4) is 0 Å². The molecular weight excluding hydrogens is 171 g/mol. The van der Waals surface area contributed by atoms with Crippen LogP contribution in [-0.2, 0) is 6.18 Å². The highest BCUT2D eigenvalue weighted by Crippen LogP contribution is 2.26. The van der Waals surface area contributed by atoms with E-state index in [0.29, 0.717) is 5.82 Å². The third-order valence-electron chi connectivity index (χ3n) is 1.21. The Morgan fingerprint density at radius 2 is 1.92 bits per heavy atom. The van der Waals surface area contributed by atoms with Crippen molar-refractivity contribution in [2.75, 3.05) is 12.4 Å². The second kappa shape index (κ2) is 2.96. The molecule has 0 saturated heterocycles. The minimum absolute atomic E-state index is 0.308. The molecular formula is C6H6F3N3. The van der Waals surface area contributed by atoms with Crippen LogP contribution in [0.5, 0.6) is 0 Å². The number of nitrogens with zero attached hydrogens (tertiary/aromatic N) is 2. The van der Waals surface area contributed by atoms with Crippen molar-refractivity contribution >= 4 is 5.82 Å². The van der Waals surface area contributed by atoms with Gasteiger partial charge in [-0.3, -0.25) is 0 Å². The lowest BCUT2D eigenvalue weighted by molar-refractivity contribution is -0.141. The maximum atomic E-state index is 11.9. The predicted molar refractivity (Wildman–Crippen MR) is 36.6 cm³/mol. The highest BCUT2D eigenvalue weighted by atomic mass is 19.4. The van der Waals surface area contributed by atoms with Crippen molar-refractivity contribution in [3.05, 3.63) is 17.8 Å². The lowest BCUT2D eigenvalue weighted by atomic mass is 10.4. The molecule has 0 aliphatic rings. The lowest BCUT2D eigenvalue weighted by Gasteiger charge is -2.04. The van der Waals surface area contributed by atoms with Crippen molar-refractivity contribution in [3.63, 3.8) is 0 Å². The van der Waals surface area contributed by atoms with E-state index in [1.807, 2.05) is 0 Å². The largest absolute Gasteiger partial charge is 0.435 e. The van der Waals surface area contributed by atoms with Gasteiger partial charge in [0.05, 0.1) is 0 Å². The Labute approximate surface area is 66.6 Å². The lowest BCUT2D eigenvalue weighted by Crippen LogP contribution is -2.09. The van der Waals surface area contributed by atoms with Crippen molar-refractivity contribution in [2.45, 2.75) is 6.18 Å². The first-order chi connectivity index (χ1) is 5.54. The van der Waals surface area contributed by atoms with Crippen molar-refractivity contribution in [1.29, 1.82) is 0 Å². The van der Waals surface area contributed by atoms with Crippen molar-refractivity contribution < 1.29 is 13.2 Å². The van der Waals surface area contributed by atoms with Crippen molar-refractivity contribution in [2.24, 2.45) is 0 Å². The summed E-state index contributed by atoms with van der Waals surface area (Å²) in [6, 6.07) is 2.09. The number of hydrogen-bond acceptors (Lipinski definition) is 3. The van der Waals surface area contributed by atoms with E-state index in [2.05, 4.69) is 15.5 Å². The van der Waals surface area contributed by atoms with Crippen LogP contribution in [0.25, 0.3) is 0 Å². The predicted octanol–water partition coefficient (Wildman–Crippen LogP) is 1.54. The molecule has 66 valence electrons. The summed E-state index contributed by atoms with van der Waals surface area (Å²) in [7, 11) is 1.55. The molecule has 0 amide bonds. The first-order valence-corrected chi connectivity index (χ1v) is 3.12. The smallest absolute Gasteiger partial charge is 0.372 e. The number of rotatable bonds is 1. The van der Waals surface area contributed by atoms with Crippen LogP contribution in [-0.4, -0.2) is 17.2 Å². The van der Waals surface area contributed by atoms with Gasteiger partial charge in [0.2, 0.25) is 0 Å². The van der Waals surface area contributed by atoms with Gasteiger partial charge in [-0.05, 0) is 12.1 Å². The molecule has 6 heteroatoms. The normalized spacial score (nSPS) is 11.3. The molecule has 1 rings (SSSR count). The molecule has 0 fully saturated rings. The van der Waals surface area contributed by atoms with Crippen LogP contribution in [0.4, 0.5) is 19.0 Å². The minimum atomic E-state index is -4.42. The van der Waals surface area contributed by atoms with Gasteiger partial charge in [-0.1, -0.05) is 0 Å². The Balaban J connectivity index is 2.93. The zero-order valence-corrected chi connectivity index (χ0v) is 6.18. The van der Waals surface area contributed by atoms with Crippen LogP contribution < -0.4 is 5.32 Å². The van der Waals surface area contributed by atoms with Crippen LogP contribution in [0.1, 0.15) is 5.69 Å². The van der Waals surface area contributed by atoms with Gasteiger partial charge in [-0.2, -0.15) is 13.2 Å². The summed E-state index contributed by atoms with van der Waals surface area (Å²) < 4.78 is 35.7.